The highest BCUT2D eigenvalue weighted by atomic mass is 32.2. The van der Waals surface area contributed by atoms with E-state index in [-0.39, 0.29) is 0 Å². The third-order valence-corrected chi connectivity index (χ3v) is 3.44. The lowest BCUT2D eigenvalue weighted by molar-refractivity contribution is -0.136. The van der Waals surface area contributed by atoms with Gasteiger partial charge in [0.25, 0.3) is 0 Å². The molecule has 0 saturated carbocycles. The summed E-state index contributed by atoms with van der Waals surface area (Å²) in [7, 11) is 0. The van der Waals surface area contributed by atoms with E-state index in [2.05, 4.69) is 9.59 Å². The summed E-state index contributed by atoms with van der Waals surface area (Å²) >= 11 is 2.51. The molecule has 1 heterocycles. The predicted octanol–water partition coefficient (Wildman–Crippen LogP) is 1.41. The van der Waals surface area contributed by atoms with Crippen molar-refractivity contribution in [2.75, 3.05) is 0 Å². The van der Waals surface area contributed by atoms with Crippen molar-refractivity contribution in [3.63, 3.8) is 0 Å². The van der Waals surface area contributed by atoms with Gasteiger partial charge in [-0.1, -0.05) is 16.3 Å². The Balaban J connectivity index is 2.64. The number of aromatic nitrogens is 2. The smallest absolute Gasteiger partial charge is 0.316 e. The highest BCUT2D eigenvalue weighted by Crippen LogP contribution is 2.28. The Kier molecular flexibility index (Phi) is 3.05. The van der Waals surface area contributed by atoms with Crippen LogP contribution >= 0.6 is 23.3 Å². The third-order valence-electron chi connectivity index (χ3n) is 1.24. The Morgan fingerprint density at radius 1 is 1.75 bits per heavy atom. The molecule has 4 nitrogen and oxygen atoms in total. The van der Waals surface area contributed by atoms with Gasteiger partial charge < -0.3 is 5.11 Å². The van der Waals surface area contributed by atoms with Gasteiger partial charge in [-0.2, -0.15) is 0 Å². The molecule has 0 aliphatic heterocycles. The zero-order valence-corrected chi connectivity index (χ0v) is 8.28. The van der Waals surface area contributed by atoms with E-state index in [1.165, 1.54) is 23.3 Å². The first-order valence-electron chi connectivity index (χ1n) is 3.29. The van der Waals surface area contributed by atoms with Crippen LogP contribution in [0, 0.1) is 6.92 Å². The van der Waals surface area contributed by atoms with Crippen LogP contribution in [0.25, 0.3) is 0 Å². The van der Waals surface area contributed by atoms with E-state index in [0.29, 0.717) is 0 Å². The molecule has 1 atom stereocenters. The largest absolute Gasteiger partial charge is 0.480 e. The monoisotopic (exact) mass is 204 g/mol. The number of hydrogen-bond donors (Lipinski definition) is 1. The highest BCUT2D eigenvalue weighted by molar-refractivity contribution is 8.02. The van der Waals surface area contributed by atoms with Crippen LogP contribution in [0.5, 0.6) is 0 Å². The lowest BCUT2D eigenvalue weighted by atomic mass is 10.5. The van der Waals surface area contributed by atoms with Crippen molar-refractivity contribution in [1.29, 1.82) is 0 Å². The van der Waals surface area contributed by atoms with E-state index in [9.17, 15) is 4.79 Å². The van der Waals surface area contributed by atoms with Gasteiger partial charge in [-0.25, -0.2) is 0 Å². The van der Waals surface area contributed by atoms with Crippen LogP contribution in [-0.2, 0) is 4.79 Å². The second-order valence-electron chi connectivity index (χ2n) is 2.24. The number of hydrogen-bond acceptors (Lipinski definition) is 5. The third kappa shape index (κ3) is 2.18. The molecular weight excluding hydrogens is 196 g/mol. The molecule has 0 spiro atoms. The fraction of sp³-hybridized carbons (Fsp3) is 0.500. The van der Waals surface area contributed by atoms with Crippen molar-refractivity contribution in [1.82, 2.24) is 9.59 Å². The Bertz CT molecular complexity index is 287. The Morgan fingerprint density at radius 3 is 2.83 bits per heavy atom. The molecule has 6 heteroatoms. The molecule has 0 aromatic carbocycles. The molecule has 66 valence electrons. The lowest BCUT2D eigenvalue weighted by Gasteiger charge is -2.01. The minimum Gasteiger partial charge on any atom is -0.480 e. The Morgan fingerprint density at radius 2 is 2.42 bits per heavy atom. The second kappa shape index (κ2) is 3.86. The van der Waals surface area contributed by atoms with Crippen LogP contribution in [0.1, 0.15) is 12.6 Å². The van der Waals surface area contributed by atoms with Gasteiger partial charge in [0.2, 0.25) is 0 Å². The van der Waals surface area contributed by atoms with Crippen molar-refractivity contribution in [2.24, 2.45) is 0 Å². The van der Waals surface area contributed by atoms with Crippen LogP contribution in [0.4, 0.5) is 0 Å². The standard InChI is InChI=1S/C6H8N2O2S2/c1-3-6(12-8-7-3)11-4(2)5(9)10/h4H,1-2H3,(H,9,10)/t4-/m0/s1. The number of nitrogens with zero attached hydrogens (tertiary/aromatic N) is 2. The summed E-state index contributed by atoms with van der Waals surface area (Å²) in [4.78, 5) is 10.5. The molecular formula is C6H8N2O2S2. The quantitative estimate of drug-likeness (QED) is 0.754. The zero-order valence-electron chi connectivity index (χ0n) is 6.64. The van der Waals surface area contributed by atoms with Crippen molar-refractivity contribution < 1.29 is 9.90 Å². The molecule has 1 aromatic heterocycles. The molecule has 0 amide bonds. The van der Waals surface area contributed by atoms with E-state index in [1.54, 1.807) is 6.92 Å². The summed E-state index contributed by atoms with van der Waals surface area (Å²) in [6, 6.07) is 0. The maximum absolute atomic E-state index is 10.5. The minimum atomic E-state index is -0.812. The molecule has 0 saturated heterocycles. The molecule has 0 unspecified atom stereocenters. The molecule has 1 N–H and O–H groups in total. The van der Waals surface area contributed by atoms with E-state index < -0.39 is 11.2 Å². The van der Waals surface area contributed by atoms with Crippen LogP contribution in [0.15, 0.2) is 4.21 Å². The number of thioether (sulfide) groups is 1. The average Bonchev–Trinajstić information content (AvgIpc) is 2.36. The summed E-state index contributed by atoms with van der Waals surface area (Å²) in [6.07, 6.45) is 0. The summed E-state index contributed by atoms with van der Waals surface area (Å²) < 4.78 is 4.59. The first-order chi connectivity index (χ1) is 5.61. The fourth-order valence-corrected chi connectivity index (χ4v) is 2.29. The molecule has 1 rings (SSSR count). The SMILES string of the molecule is Cc1nnsc1S[C@@H](C)C(=O)O. The Hall–Kier alpha value is -0.620. The Labute approximate surface area is 78.2 Å². The van der Waals surface area contributed by atoms with E-state index in [1.807, 2.05) is 6.92 Å². The number of aliphatic carboxylic acids is 1. The number of carbonyl (C=O) groups is 1. The van der Waals surface area contributed by atoms with Gasteiger partial charge in [0.05, 0.1) is 5.69 Å². The van der Waals surface area contributed by atoms with Gasteiger partial charge in [0.15, 0.2) is 0 Å². The highest BCUT2D eigenvalue weighted by Gasteiger charge is 2.15. The first kappa shape index (κ1) is 9.47. The predicted molar refractivity (Wildman–Crippen MR) is 47.6 cm³/mol. The van der Waals surface area contributed by atoms with Gasteiger partial charge in [-0.3, -0.25) is 4.79 Å². The second-order valence-corrected chi connectivity index (χ2v) is 4.61. The number of rotatable bonds is 3. The van der Waals surface area contributed by atoms with E-state index in [0.717, 1.165) is 9.90 Å². The summed E-state index contributed by atoms with van der Waals surface area (Å²) in [5, 5.41) is 12.0. The van der Waals surface area contributed by atoms with Crippen LogP contribution in [-0.4, -0.2) is 25.9 Å². The van der Waals surface area contributed by atoms with Gasteiger partial charge in [-0.15, -0.1) is 5.10 Å². The van der Waals surface area contributed by atoms with Crippen LogP contribution in [0.2, 0.25) is 0 Å². The molecule has 0 aliphatic carbocycles. The van der Waals surface area contributed by atoms with Crippen molar-refractivity contribution in [3.05, 3.63) is 5.69 Å². The van der Waals surface area contributed by atoms with Crippen molar-refractivity contribution in [3.8, 4) is 0 Å². The van der Waals surface area contributed by atoms with Gasteiger partial charge in [-0.05, 0) is 25.4 Å². The van der Waals surface area contributed by atoms with Crippen molar-refractivity contribution in [2.45, 2.75) is 23.3 Å². The number of carboxylic acids is 1. The maximum Gasteiger partial charge on any atom is 0.316 e. The van der Waals surface area contributed by atoms with E-state index in [4.69, 9.17) is 5.11 Å². The molecule has 0 aliphatic rings. The lowest BCUT2D eigenvalue weighted by Crippen LogP contribution is -2.10. The van der Waals surface area contributed by atoms with Crippen molar-refractivity contribution >= 4 is 29.3 Å². The molecule has 0 fully saturated rings. The number of carboxylic acid groups (broad SMARTS) is 1. The normalized spacial score (nSPS) is 12.8. The number of aryl methyl sites for hydroxylation is 1. The fourth-order valence-electron chi connectivity index (χ4n) is 0.543. The van der Waals surface area contributed by atoms with Gasteiger partial charge in [0.1, 0.15) is 9.46 Å². The zero-order chi connectivity index (χ0) is 9.14. The summed E-state index contributed by atoms with van der Waals surface area (Å²) in [5.41, 5.74) is 0.804. The summed E-state index contributed by atoms with van der Waals surface area (Å²) in [5.74, 6) is -0.812. The van der Waals surface area contributed by atoms with Gasteiger partial charge in [0, 0.05) is 0 Å². The van der Waals surface area contributed by atoms with Crippen LogP contribution < -0.4 is 0 Å². The van der Waals surface area contributed by atoms with Crippen LogP contribution in [0.3, 0.4) is 0 Å². The average molecular weight is 204 g/mol. The first-order valence-corrected chi connectivity index (χ1v) is 4.95. The molecule has 0 bridgehead atoms. The molecule has 0 radical (unpaired) electrons. The summed E-state index contributed by atoms with van der Waals surface area (Å²) in [6.45, 7) is 3.46. The molecule has 12 heavy (non-hydrogen) atoms. The topological polar surface area (TPSA) is 63.1 Å². The maximum atomic E-state index is 10.5. The van der Waals surface area contributed by atoms with Gasteiger partial charge >= 0.3 is 5.97 Å². The van der Waals surface area contributed by atoms with E-state index >= 15 is 0 Å². The minimum absolute atomic E-state index is 0.439. The molecule has 1 aromatic rings.